The molecule has 2 atom stereocenters. The van der Waals surface area contributed by atoms with Crippen LogP contribution in [0.25, 0.3) is 5.82 Å². The number of hydrogen-bond donors (Lipinski definition) is 2. The summed E-state index contributed by atoms with van der Waals surface area (Å²) in [7, 11) is 0. The summed E-state index contributed by atoms with van der Waals surface area (Å²) in [4.78, 5) is 15.4. The van der Waals surface area contributed by atoms with Gasteiger partial charge >= 0.3 is 5.97 Å². The van der Waals surface area contributed by atoms with Crippen molar-refractivity contribution in [1.29, 1.82) is 0 Å². The highest BCUT2D eigenvalue weighted by Gasteiger charge is 2.50. The maximum atomic E-state index is 11.2. The Morgan fingerprint density at radius 3 is 3.11 bits per heavy atom. The zero-order chi connectivity index (χ0) is 13.1. The maximum absolute atomic E-state index is 11.2. The van der Waals surface area contributed by atoms with Gasteiger partial charge in [-0.15, -0.1) is 0 Å². The van der Waals surface area contributed by atoms with E-state index in [-0.39, 0.29) is 5.69 Å². The smallest absolute Gasteiger partial charge is 0.356 e. The molecule has 0 aromatic carbocycles. The molecule has 19 heavy (non-hydrogen) atoms. The molecule has 2 aromatic heterocycles. The topological polar surface area (TPSA) is 92.1 Å². The van der Waals surface area contributed by atoms with Crippen LogP contribution >= 0.6 is 0 Å². The number of aromatic carboxylic acids is 1. The summed E-state index contributed by atoms with van der Waals surface area (Å²) >= 11 is 0. The highest BCUT2D eigenvalue weighted by atomic mass is 16.5. The van der Waals surface area contributed by atoms with Crippen molar-refractivity contribution in [2.24, 2.45) is 5.92 Å². The third kappa shape index (κ3) is 1.38. The van der Waals surface area contributed by atoms with Gasteiger partial charge in [0.2, 0.25) is 12.0 Å². The average Bonchev–Trinajstić information content (AvgIpc) is 2.87. The third-order valence-corrected chi connectivity index (χ3v) is 3.86. The van der Waals surface area contributed by atoms with Crippen LogP contribution in [0.4, 0.5) is 0 Å². The molecule has 1 saturated carbocycles. The van der Waals surface area contributed by atoms with Crippen LogP contribution in [0.1, 0.15) is 34.1 Å². The second kappa shape index (κ2) is 3.31. The Morgan fingerprint density at radius 1 is 1.53 bits per heavy atom. The van der Waals surface area contributed by atoms with Gasteiger partial charge in [-0.2, -0.15) is 5.10 Å². The molecule has 0 amide bonds. The Morgan fingerprint density at radius 2 is 2.37 bits per heavy atom. The van der Waals surface area contributed by atoms with Crippen LogP contribution in [0.15, 0.2) is 18.6 Å². The zero-order valence-corrected chi connectivity index (χ0v) is 9.89. The molecule has 4 rings (SSSR count). The van der Waals surface area contributed by atoms with Gasteiger partial charge in [-0.25, -0.2) is 14.5 Å². The average molecular weight is 259 g/mol. The SMILES string of the molecule is O=C(O)c1nn(-c2c[n+](O)ccn2)c2c1C[C@@H]1C[C@H]21. The van der Waals surface area contributed by atoms with E-state index in [0.29, 0.717) is 17.7 Å². The number of carbonyl (C=O) groups is 1. The van der Waals surface area contributed by atoms with Crippen LogP contribution < -0.4 is 4.73 Å². The van der Waals surface area contributed by atoms with Crippen molar-refractivity contribution in [1.82, 2.24) is 14.8 Å². The summed E-state index contributed by atoms with van der Waals surface area (Å²) in [5, 5.41) is 22.8. The molecule has 7 heteroatoms. The van der Waals surface area contributed by atoms with E-state index >= 15 is 0 Å². The van der Waals surface area contributed by atoms with Crippen LogP contribution in [-0.4, -0.2) is 31.0 Å². The molecule has 0 saturated heterocycles. The molecule has 0 bridgehead atoms. The van der Waals surface area contributed by atoms with E-state index in [1.165, 1.54) is 18.6 Å². The quantitative estimate of drug-likeness (QED) is 0.591. The van der Waals surface area contributed by atoms with Gasteiger partial charge in [0.25, 0.3) is 6.20 Å². The lowest BCUT2D eigenvalue weighted by molar-refractivity contribution is -0.904. The van der Waals surface area contributed by atoms with Gasteiger partial charge in [-0.1, -0.05) is 0 Å². The molecule has 1 fully saturated rings. The fourth-order valence-electron chi connectivity index (χ4n) is 2.94. The van der Waals surface area contributed by atoms with Crippen LogP contribution in [0, 0.1) is 5.92 Å². The highest BCUT2D eigenvalue weighted by Crippen LogP contribution is 2.57. The van der Waals surface area contributed by atoms with Crippen molar-refractivity contribution in [2.45, 2.75) is 18.8 Å². The van der Waals surface area contributed by atoms with Crippen LogP contribution in [0.3, 0.4) is 0 Å². The van der Waals surface area contributed by atoms with Gasteiger partial charge in [-0.05, 0) is 18.8 Å². The van der Waals surface area contributed by atoms with Crippen molar-refractivity contribution >= 4 is 5.97 Å². The van der Waals surface area contributed by atoms with Crippen molar-refractivity contribution in [3.05, 3.63) is 35.5 Å². The first kappa shape index (κ1) is 10.5. The number of carboxylic acid groups (broad SMARTS) is 1. The summed E-state index contributed by atoms with van der Waals surface area (Å²) < 4.78 is 2.44. The minimum Gasteiger partial charge on any atom is -0.476 e. The lowest BCUT2D eigenvalue weighted by Gasteiger charge is -2.02. The van der Waals surface area contributed by atoms with Crippen molar-refractivity contribution in [3.8, 4) is 5.82 Å². The van der Waals surface area contributed by atoms with Gasteiger partial charge in [0.1, 0.15) is 0 Å². The lowest BCUT2D eigenvalue weighted by atomic mass is 10.1. The molecule has 2 aliphatic carbocycles. The Labute approximate surface area is 107 Å². The first-order chi connectivity index (χ1) is 9.15. The first-order valence-electron chi connectivity index (χ1n) is 6.07. The van der Waals surface area contributed by atoms with Gasteiger partial charge in [-0.3, -0.25) is 5.21 Å². The van der Waals surface area contributed by atoms with E-state index in [1.807, 2.05) is 0 Å². The molecule has 7 nitrogen and oxygen atoms in total. The maximum Gasteiger partial charge on any atom is 0.356 e. The molecule has 0 aliphatic heterocycles. The van der Waals surface area contributed by atoms with Crippen LogP contribution in [0.5, 0.6) is 0 Å². The standard InChI is InChI=1S/C12H10N4O3/c17-12(18)10-8-4-6-3-7(6)11(8)16(14-10)9-5-15(19)2-1-13-9/h1-2,5-7H,3-4H2,(H-,13,17,18,19)/p+1/t6-,7-/m0/s1. The summed E-state index contributed by atoms with van der Waals surface area (Å²) in [5.41, 5.74) is 1.88. The monoisotopic (exact) mass is 259 g/mol. The molecule has 2 N–H and O–H groups in total. The third-order valence-electron chi connectivity index (χ3n) is 3.86. The second-order valence-corrected chi connectivity index (χ2v) is 5.03. The van der Waals surface area contributed by atoms with Crippen LogP contribution in [0.2, 0.25) is 0 Å². The van der Waals surface area contributed by atoms with Gasteiger partial charge in [0.05, 0.1) is 11.9 Å². The van der Waals surface area contributed by atoms with E-state index < -0.39 is 5.97 Å². The highest BCUT2D eigenvalue weighted by molar-refractivity contribution is 5.88. The lowest BCUT2D eigenvalue weighted by Crippen LogP contribution is -2.30. The van der Waals surface area contributed by atoms with E-state index in [9.17, 15) is 15.1 Å². The van der Waals surface area contributed by atoms with Gasteiger partial charge in [0, 0.05) is 16.2 Å². The number of hydrogen-bond acceptors (Lipinski definition) is 4. The molecule has 2 aliphatic rings. The zero-order valence-electron chi connectivity index (χ0n) is 9.89. The Bertz CT molecular complexity index is 709. The predicted octanol–water partition coefficient (Wildman–Crippen LogP) is 0.150. The number of carboxylic acids is 1. The Kier molecular flexibility index (Phi) is 1.83. The Balaban J connectivity index is 1.94. The molecule has 0 radical (unpaired) electrons. The van der Waals surface area contributed by atoms with Gasteiger partial charge < -0.3 is 5.11 Å². The number of nitrogens with zero attached hydrogens (tertiary/aromatic N) is 4. The van der Waals surface area contributed by atoms with E-state index in [0.717, 1.165) is 28.8 Å². The van der Waals surface area contributed by atoms with E-state index in [4.69, 9.17) is 0 Å². The van der Waals surface area contributed by atoms with E-state index in [2.05, 4.69) is 10.1 Å². The Hall–Kier alpha value is -2.44. The fraction of sp³-hybridized carbons (Fsp3) is 0.333. The number of fused-ring (bicyclic) bond motifs is 3. The largest absolute Gasteiger partial charge is 0.476 e. The predicted molar refractivity (Wildman–Crippen MR) is 60.2 cm³/mol. The fourth-order valence-corrected chi connectivity index (χ4v) is 2.94. The molecule has 96 valence electrons. The molecular weight excluding hydrogens is 248 g/mol. The summed E-state index contributed by atoms with van der Waals surface area (Å²) in [6, 6.07) is 0. The minimum atomic E-state index is -1.01. The minimum absolute atomic E-state index is 0.109. The van der Waals surface area contributed by atoms with Crippen molar-refractivity contribution in [3.63, 3.8) is 0 Å². The molecular formula is C12H11N4O3+. The number of aromatic nitrogens is 4. The molecule has 0 unspecified atom stereocenters. The summed E-state index contributed by atoms with van der Waals surface area (Å²) in [6.07, 6.45) is 6.13. The first-order valence-corrected chi connectivity index (χ1v) is 6.07. The van der Waals surface area contributed by atoms with Crippen LogP contribution in [-0.2, 0) is 6.42 Å². The summed E-state index contributed by atoms with van der Waals surface area (Å²) in [5.74, 6) is 0.373. The normalized spacial score (nSPS) is 22.9. The molecule has 2 heterocycles. The molecule has 0 spiro atoms. The van der Waals surface area contributed by atoms with E-state index in [1.54, 1.807) is 4.68 Å². The van der Waals surface area contributed by atoms with Gasteiger partial charge in [0.15, 0.2) is 5.69 Å². The second-order valence-electron chi connectivity index (χ2n) is 5.03. The molecule has 2 aromatic rings. The van der Waals surface area contributed by atoms with Crippen molar-refractivity contribution < 1.29 is 19.8 Å². The number of rotatable bonds is 2. The summed E-state index contributed by atoms with van der Waals surface area (Å²) in [6.45, 7) is 0. The van der Waals surface area contributed by atoms with Crippen molar-refractivity contribution in [2.75, 3.05) is 0 Å².